The maximum atomic E-state index is 12.4. The lowest BCUT2D eigenvalue weighted by Gasteiger charge is -2.30. The van der Waals surface area contributed by atoms with Crippen LogP contribution in [0.1, 0.15) is 23.8 Å². The number of fused-ring (bicyclic) bond motifs is 1. The Hall–Kier alpha value is -1.07. The van der Waals surface area contributed by atoms with Crippen LogP contribution in [-0.2, 0) is 0 Å². The summed E-state index contributed by atoms with van der Waals surface area (Å²) in [6.07, 6.45) is 1.08. The minimum absolute atomic E-state index is 0. The highest BCUT2D eigenvalue weighted by Gasteiger charge is 2.23. The molecule has 2 heterocycles. The van der Waals surface area contributed by atoms with Crippen LogP contribution in [0.25, 0.3) is 10.9 Å². The summed E-state index contributed by atoms with van der Waals surface area (Å²) in [6.45, 7) is 3.99. The predicted octanol–water partition coefficient (Wildman–Crippen LogP) is 3.46. The number of pyridine rings is 1. The minimum atomic E-state index is -0.127. The monoisotopic (exact) mass is 375 g/mol. The molecule has 1 aliphatic heterocycles. The second kappa shape index (κ2) is 8.69. The summed E-state index contributed by atoms with van der Waals surface area (Å²) in [6, 6.07) is 9.31. The molecule has 23 heavy (non-hydrogen) atoms. The molecule has 0 spiro atoms. The molecule has 7 heteroatoms. The highest BCUT2D eigenvalue weighted by atomic mass is 35.5. The van der Waals surface area contributed by atoms with E-state index in [2.05, 4.69) is 22.5 Å². The zero-order valence-electron chi connectivity index (χ0n) is 12.7. The molecular formula is C16H20Cl3N3O. The molecule has 0 aliphatic carbocycles. The highest BCUT2D eigenvalue weighted by Crippen LogP contribution is 2.18. The summed E-state index contributed by atoms with van der Waals surface area (Å²) in [4.78, 5) is 16.8. The Balaban J connectivity index is 0.00000132. The second-order valence-electron chi connectivity index (χ2n) is 5.58. The van der Waals surface area contributed by atoms with E-state index in [9.17, 15) is 4.79 Å². The quantitative estimate of drug-likeness (QED) is 0.844. The van der Waals surface area contributed by atoms with Gasteiger partial charge in [-0.1, -0.05) is 30.7 Å². The van der Waals surface area contributed by atoms with Gasteiger partial charge in [0.2, 0.25) is 0 Å². The number of halogens is 3. The summed E-state index contributed by atoms with van der Waals surface area (Å²) >= 11 is 5.98. The molecule has 1 aromatic heterocycles. The van der Waals surface area contributed by atoms with Gasteiger partial charge in [0.05, 0.1) is 5.52 Å². The van der Waals surface area contributed by atoms with E-state index >= 15 is 0 Å². The van der Waals surface area contributed by atoms with Crippen molar-refractivity contribution >= 4 is 53.2 Å². The largest absolute Gasteiger partial charge is 0.346 e. The van der Waals surface area contributed by atoms with E-state index in [-0.39, 0.29) is 36.8 Å². The summed E-state index contributed by atoms with van der Waals surface area (Å²) in [5, 5.41) is 7.97. The molecule has 1 saturated heterocycles. The second-order valence-corrected chi connectivity index (χ2v) is 6.02. The topological polar surface area (TPSA) is 54.0 Å². The van der Waals surface area contributed by atoms with Gasteiger partial charge in [-0.05, 0) is 37.1 Å². The van der Waals surface area contributed by atoms with Crippen molar-refractivity contribution in [1.82, 2.24) is 15.6 Å². The van der Waals surface area contributed by atoms with E-state index in [0.29, 0.717) is 16.6 Å². The van der Waals surface area contributed by atoms with E-state index in [0.717, 1.165) is 30.4 Å². The zero-order chi connectivity index (χ0) is 14.8. The molecule has 3 rings (SSSR count). The summed E-state index contributed by atoms with van der Waals surface area (Å²) in [5.74, 6) is 0.350. The van der Waals surface area contributed by atoms with Crippen LogP contribution in [0.3, 0.4) is 0 Å². The Morgan fingerprint density at radius 1 is 1.30 bits per heavy atom. The molecule has 126 valence electrons. The lowest BCUT2D eigenvalue weighted by atomic mass is 9.95. The van der Waals surface area contributed by atoms with Crippen LogP contribution in [0.5, 0.6) is 0 Å². The fraction of sp³-hybridized carbons (Fsp3) is 0.375. The number of rotatable bonds is 2. The van der Waals surface area contributed by atoms with Gasteiger partial charge in [0.15, 0.2) is 0 Å². The minimum Gasteiger partial charge on any atom is -0.346 e. The van der Waals surface area contributed by atoms with Crippen molar-refractivity contribution in [1.29, 1.82) is 0 Å². The molecule has 2 aromatic rings. The number of hydrogen-bond acceptors (Lipinski definition) is 3. The number of carbonyl (C=O) groups is 1. The van der Waals surface area contributed by atoms with Gasteiger partial charge >= 0.3 is 0 Å². The van der Waals surface area contributed by atoms with Gasteiger partial charge in [0.25, 0.3) is 5.91 Å². The Morgan fingerprint density at radius 3 is 2.78 bits per heavy atom. The fourth-order valence-electron chi connectivity index (χ4n) is 2.64. The number of hydrogen-bond donors (Lipinski definition) is 2. The first-order valence-corrected chi connectivity index (χ1v) is 7.59. The molecule has 2 unspecified atom stereocenters. The maximum Gasteiger partial charge on any atom is 0.270 e. The van der Waals surface area contributed by atoms with E-state index in [1.54, 1.807) is 12.1 Å². The van der Waals surface area contributed by atoms with Gasteiger partial charge in [-0.3, -0.25) is 4.79 Å². The summed E-state index contributed by atoms with van der Waals surface area (Å²) < 4.78 is 0. The Labute approximate surface area is 153 Å². The van der Waals surface area contributed by atoms with Crippen LogP contribution in [-0.4, -0.2) is 30.0 Å². The first-order chi connectivity index (χ1) is 10.1. The van der Waals surface area contributed by atoms with Gasteiger partial charge in [-0.25, -0.2) is 4.98 Å². The predicted molar refractivity (Wildman–Crippen MR) is 99.2 cm³/mol. The van der Waals surface area contributed by atoms with Crippen molar-refractivity contribution < 1.29 is 4.79 Å². The normalized spacial score (nSPS) is 20.3. The third kappa shape index (κ3) is 4.70. The summed E-state index contributed by atoms with van der Waals surface area (Å²) in [7, 11) is 0. The average Bonchev–Trinajstić information content (AvgIpc) is 2.48. The SMILES string of the molecule is CC1CCNCC1NC(=O)c1ccc2ccc(Cl)cc2n1.Cl.Cl. The fourth-order valence-corrected chi connectivity index (χ4v) is 2.81. The molecule has 1 amide bonds. The van der Waals surface area contributed by atoms with E-state index in [1.807, 2.05) is 18.2 Å². The first kappa shape index (κ1) is 20.0. The third-order valence-corrected chi connectivity index (χ3v) is 4.27. The summed E-state index contributed by atoms with van der Waals surface area (Å²) in [5.41, 5.74) is 1.17. The highest BCUT2D eigenvalue weighted by molar-refractivity contribution is 6.31. The number of nitrogens with one attached hydrogen (secondary N) is 2. The van der Waals surface area contributed by atoms with Crippen molar-refractivity contribution in [3.05, 3.63) is 41.0 Å². The van der Waals surface area contributed by atoms with Crippen LogP contribution in [0.15, 0.2) is 30.3 Å². The van der Waals surface area contributed by atoms with Crippen molar-refractivity contribution in [3.8, 4) is 0 Å². The van der Waals surface area contributed by atoms with E-state index in [1.165, 1.54) is 0 Å². The van der Waals surface area contributed by atoms with E-state index < -0.39 is 0 Å². The Morgan fingerprint density at radius 2 is 2.04 bits per heavy atom. The van der Waals surface area contributed by atoms with Crippen LogP contribution in [0.2, 0.25) is 5.02 Å². The number of carbonyl (C=O) groups excluding carboxylic acids is 1. The number of aromatic nitrogens is 1. The number of piperidine rings is 1. The Kier molecular flexibility index (Phi) is 7.55. The average molecular weight is 377 g/mol. The van der Waals surface area contributed by atoms with Crippen LogP contribution in [0, 0.1) is 5.92 Å². The zero-order valence-corrected chi connectivity index (χ0v) is 15.1. The third-order valence-electron chi connectivity index (χ3n) is 4.03. The number of benzene rings is 1. The first-order valence-electron chi connectivity index (χ1n) is 7.21. The molecule has 0 radical (unpaired) electrons. The van der Waals surface area contributed by atoms with Gasteiger partial charge < -0.3 is 10.6 Å². The lowest BCUT2D eigenvalue weighted by Crippen LogP contribution is -2.50. The molecule has 2 atom stereocenters. The maximum absolute atomic E-state index is 12.4. The van der Waals surface area contributed by atoms with Gasteiger partial charge in [-0.15, -0.1) is 24.8 Å². The Bertz CT molecular complexity index is 681. The van der Waals surface area contributed by atoms with Gasteiger partial charge in [0, 0.05) is 23.0 Å². The molecule has 1 aliphatic rings. The molecule has 1 aromatic carbocycles. The molecule has 0 saturated carbocycles. The van der Waals surface area contributed by atoms with Gasteiger partial charge in [0.1, 0.15) is 5.69 Å². The number of nitrogens with zero attached hydrogens (tertiary/aromatic N) is 1. The van der Waals surface area contributed by atoms with Gasteiger partial charge in [-0.2, -0.15) is 0 Å². The van der Waals surface area contributed by atoms with Crippen molar-refractivity contribution in [2.45, 2.75) is 19.4 Å². The number of amides is 1. The van der Waals surface area contributed by atoms with E-state index in [4.69, 9.17) is 11.6 Å². The molecular weight excluding hydrogens is 357 g/mol. The smallest absolute Gasteiger partial charge is 0.270 e. The lowest BCUT2D eigenvalue weighted by molar-refractivity contribution is 0.0910. The molecule has 2 N–H and O–H groups in total. The van der Waals surface area contributed by atoms with Crippen molar-refractivity contribution in [3.63, 3.8) is 0 Å². The van der Waals surface area contributed by atoms with Crippen LogP contribution in [0.4, 0.5) is 0 Å². The van der Waals surface area contributed by atoms with Crippen LogP contribution >= 0.6 is 36.4 Å². The molecule has 4 nitrogen and oxygen atoms in total. The standard InChI is InChI=1S/C16H18ClN3O.2ClH/c1-10-6-7-18-9-15(10)20-16(21)13-5-3-11-2-4-12(17)8-14(11)19-13;;/h2-5,8,10,15,18H,6-7,9H2,1H3,(H,20,21);2*1H. The molecule has 1 fully saturated rings. The van der Waals surface area contributed by atoms with Crippen molar-refractivity contribution in [2.24, 2.45) is 5.92 Å². The van der Waals surface area contributed by atoms with Crippen molar-refractivity contribution in [2.75, 3.05) is 13.1 Å². The van der Waals surface area contributed by atoms with Crippen LogP contribution < -0.4 is 10.6 Å². The molecule has 0 bridgehead atoms.